The molecule has 1 amide bonds. The highest BCUT2D eigenvalue weighted by Crippen LogP contribution is 2.42. The molecule has 0 spiro atoms. The first kappa shape index (κ1) is 19.9. The topological polar surface area (TPSA) is 83.3 Å². The standard InChI is InChI=1S/C21H30N6O/c1-3-21(9-5-10-21)16-24-20(22-2)23-14-17-7-4-8-18(13-17)26-19(28)15-27-12-6-11-25-27/h4,6-8,11-13H,3,5,9-10,14-16H2,1-2H3,(H,26,28)(H2,22,23,24). The quantitative estimate of drug-likeness (QED) is 0.484. The van der Waals surface area contributed by atoms with Crippen LogP contribution in [0.2, 0.25) is 0 Å². The molecule has 1 heterocycles. The number of hydrogen-bond acceptors (Lipinski definition) is 3. The molecule has 0 bridgehead atoms. The Morgan fingerprint density at radius 1 is 1.29 bits per heavy atom. The van der Waals surface area contributed by atoms with Crippen molar-refractivity contribution in [3.63, 3.8) is 0 Å². The second-order valence-electron chi connectivity index (χ2n) is 7.44. The van der Waals surface area contributed by atoms with Crippen molar-refractivity contribution in [2.75, 3.05) is 18.9 Å². The van der Waals surface area contributed by atoms with Crippen molar-refractivity contribution in [2.24, 2.45) is 10.4 Å². The van der Waals surface area contributed by atoms with Crippen LogP contribution < -0.4 is 16.0 Å². The predicted octanol–water partition coefficient (Wildman–Crippen LogP) is 2.77. The van der Waals surface area contributed by atoms with Crippen LogP contribution in [0.5, 0.6) is 0 Å². The molecule has 7 nitrogen and oxygen atoms in total. The van der Waals surface area contributed by atoms with Gasteiger partial charge >= 0.3 is 0 Å². The lowest BCUT2D eigenvalue weighted by molar-refractivity contribution is -0.116. The number of guanidine groups is 1. The number of benzene rings is 1. The highest BCUT2D eigenvalue weighted by atomic mass is 16.2. The zero-order chi connectivity index (χ0) is 19.8. The van der Waals surface area contributed by atoms with E-state index < -0.39 is 0 Å². The van der Waals surface area contributed by atoms with Crippen LogP contribution in [0, 0.1) is 5.41 Å². The number of nitrogens with zero attached hydrogens (tertiary/aromatic N) is 3. The molecule has 3 N–H and O–H groups in total. The van der Waals surface area contributed by atoms with Gasteiger partial charge in [0.15, 0.2) is 5.96 Å². The average molecular weight is 383 g/mol. The van der Waals surface area contributed by atoms with Gasteiger partial charge in [0, 0.05) is 38.2 Å². The molecule has 1 aromatic carbocycles. The van der Waals surface area contributed by atoms with Crippen molar-refractivity contribution in [3.8, 4) is 0 Å². The molecule has 0 aliphatic heterocycles. The average Bonchev–Trinajstić information content (AvgIpc) is 3.16. The van der Waals surface area contributed by atoms with Crippen LogP contribution in [0.25, 0.3) is 0 Å². The van der Waals surface area contributed by atoms with E-state index >= 15 is 0 Å². The SMILES string of the molecule is CCC1(CNC(=NC)NCc2cccc(NC(=O)Cn3cccn3)c2)CCC1. The van der Waals surface area contributed by atoms with Gasteiger partial charge in [-0.05, 0) is 48.4 Å². The number of hydrogen-bond donors (Lipinski definition) is 3. The third kappa shape index (κ3) is 5.34. The summed E-state index contributed by atoms with van der Waals surface area (Å²) in [6.07, 6.45) is 8.57. The maximum Gasteiger partial charge on any atom is 0.246 e. The fraction of sp³-hybridized carbons (Fsp3) is 0.476. The van der Waals surface area contributed by atoms with Gasteiger partial charge < -0.3 is 16.0 Å². The van der Waals surface area contributed by atoms with E-state index in [0.29, 0.717) is 12.0 Å². The minimum atomic E-state index is -0.100. The summed E-state index contributed by atoms with van der Waals surface area (Å²) >= 11 is 0. The Hall–Kier alpha value is -2.83. The van der Waals surface area contributed by atoms with Gasteiger partial charge in [-0.15, -0.1) is 0 Å². The van der Waals surface area contributed by atoms with Crippen LogP contribution in [-0.2, 0) is 17.9 Å². The van der Waals surface area contributed by atoms with Gasteiger partial charge in [-0.3, -0.25) is 14.5 Å². The summed E-state index contributed by atoms with van der Waals surface area (Å²) in [5.74, 6) is 0.712. The van der Waals surface area contributed by atoms with E-state index in [1.165, 1.54) is 25.7 Å². The molecule has 1 fully saturated rings. The highest BCUT2D eigenvalue weighted by molar-refractivity contribution is 5.90. The van der Waals surface area contributed by atoms with Crippen LogP contribution >= 0.6 is 0 Å². The van der Waals surface area contributed by atoms with Gasteiger partial charge in [-0.2, -0.15) is 5.10 Å². The lowest BCUT2D eigenvalue weighted by Gasteiger charge is -2.41. The van der Waals surface area contributed by atoms with Gasteiger partial charge in [0.1, 0.15) is 6.54 Å². The van der Waals surface area contributed by atoms with E-state index in [1.807, 2.05) is 24.3 Å². The smallest absolute Gasteiger partial charge is 0.246 e. The number of aliphatic imine (C=N–C) groups is 1. The summed E-state index contributed by atoms with van der Waals surface area (Å²) in [5.41, 5.74) is 2.30. The van der Waals surface area contributed by atoms with Crippen molar-refractivity contribution in [1.29, 1.82) is 0 Å². The molecule has 1 aromatic heterocycles. The molecular weight excluding hydrogens is 352 g/mol. The molecule has 0 saturated heterocycles. The van der Waals surface area contributed by atoms with Crippen LogP contribution in [0.15, 0.2) is 47.7 Å². The first-order valence-corrected chi connectivity index (χ1v) is 9.93. The monoisotopic (exact) mass is 382 g/mol. The number of carbonyl (C=O) groups is 1. The molecule has 28 heavy (non-hydrogen) atoms. The Balaban J connectivity index is 1.48. The van der Waals surface area contributed by atoms with Crippen LogP contribution in [0.1, 0.15) is 38.2 Å². The van der Waals surface area contributed by atoms with Crippen molar-refractivity contribution >= 4 is 17.6 Å². The van der Waals surface area contributed by atoms with Gasteiger partial charge in [-0.25, -0.2) is 0 Å². The Kier molecular flexibility index (Phi) is 6.68. The Morgan fingerprint density at radius 3 is 2.79 bits per heavy atom. The van der Waals surface area contributed by atoms with E-state index in [1.54, 1.807) is 30.2 Å². The fourth-order valence-electron chi connectivity index (χ4n) is 3.51. The zero-order valence-corrected chi connectivity index (χ0v) is 16.7. The van der Waals surface area contributed by atoms with E-state index in [-0.39, 0.29) is 12.5 Å². The highest BCUT2D eigenvalue weighted by Gasteiger charge is 2.34. The summed E-state index contributed by atoms with van der Waals surface area (Å²) in [6, 6.07) is 9.63. The summed E-state index contributed by atoms with van der Waals surface area (Å²) in [7, 11) is 1.79. The molecule has 3 rings (SSSR count). The van der Waals surface area contributed by atoms with Crippen LogP contribution in [0.3, 0.4) is 0 Å². The van der Waals surface area contributed by atoms with E-state index in [2.05, 4.69) is 33.0 Å². The first-order chi connectivity index (χ1) is 13.6. The van der Waals surface area contributed by atoms with E-state index in [4.69, 9.17) is 0 Å². The number of nitrogens with one attached hydrogen (secondary N) is 3. The summed E-state index contributed by atoms with van der Waals surface area (Å²) < 4.78 is 1.60. The second-order valence-corrected chi connectivity index (χ2v) is 7.44. The molecule has 150 valence electrons. The lowest BCUT2D eigenvalue weighted by atomic mass is 9.67. The van der Waals surface area contributed by atoms with E-state index in [9.17, 15) is 4.79 Å². The zero-order valence-electron chi connectivity index (χ0n) is 16.7. The third-order valence-corrected chi connectivity index (χ3v) is 5.55. The number of amides is 1. The number of rotatable bonds is 8. The minimum absolute atomic E-state index is 0.100. The summed E-state index contributed by atoms with van der Waals surface area (Å²) in [4.78, 5) is 16.5. The van der Waals surface area contributed by atoms with E-state index in [0.717, 1.165) is 23.8 Å². The molecule has 2 aromatic rings. The van der Waals surface area contributed by atoms with Crippen molar-refractivity contribution in [3.05, 3.63) is 48.3 Å². The summed E-state index contributed by atoms with van der Waals surface area (Å²) in [5, 5.41) is 13.8. The van der Waals surface area contributed by atoms with Gasteiger partial charge in [-0.1, -0.05) is 25.5 Å². The number of anilines is 1. The van der Waals surface area contributed by atoms with Gasteiger partial charge in [0.05, 0.1) is 0 Å². The molecule has 1 aliphatic carbocycles. The van der Waals surface area contributed by atoms with Crippen molar-refractivity contribution in [2.45, 2.75) is 45.7 Å². The fourth-order valence-corrected chi connectivity index (χ4v) is 3.51. The minimum Gasteiger partial charge on any atom is -0.356 e. The van der Waals surface area contributed by atoms with Crippen LogP contribution in [0.4, 0.5) is 5.69 Å². The Labute approximate surface area is 166 Å². The van der Waals surface area contributed by atoms with Crippen molar-refractivity contribution in [1.82, 2.24) is 20.4 Å². The van der Waals surface area contributed by atoms with Gasteiger partial charge in [0.25, 0.3) is 0 Å². The first-order valence-electron chi connectivity index (χ1n) is 9.93. The molecular formula is C21H30N6O. The Bertz CT molecular complexity index is 789. The maximum atomic E-state index is 12.1. The molecule has 0 atom stereocenters. The number of aromatic nitrogens is 2. The Morgan fingerprint density at radius 2 is 2.14 bits per heavy atom. The maximum absolute atomic E-state index is 12.1. The normalized spacial score (nSPS) is 15.6. The van der Waals surface area contributed by atoms with Gasteiger partial charge in [0.2, 0.25) is 5.91 Å². The number of carbonyl (C=O) groups excluding carboxylic acids is 1. The molecule has 7 heteroatoms. The molecule has 1 aliphatic rings. The van der Waals surface area contributed by atoms with Crippen LogP contribution in [-0.4, -0.2) is 35.2 Å². The second kappa shape index (κ2) is 9.39. The summed E-state index contributed by atoms with van der Waals surface area (Å²) in [6.45, 7) is 4.07. The lowest BCUT2D eigenvalue weighted by Crippen LogP contribution is -2.46. The predicted molar refractivity (Wildman–Crippen MR) is 112 cm³/mol. The molecule has 0 unspecified atom stereocenters. The van der Waals surface area contributed by atoms with Crippen molar-refractivity contribution < 1.29 is 4.79 Å². The largest absolute Gasteiger partial charge is 0.356 e. The molecule has 1 saturated carbocycles. The third-order valence-electron chi connectivity index (χ3n) is 5.55. The molecule has 0 radical (unpaired) electrons.